The number of rotatable bonds is 7. The lowest BCUT2D eigenvalue weighted by Gasteiger charge is -2.13. The largest absolute Gasteiger partial charge is 0.495 e. The predicted octanol–water partition coefficient (Wildman–Crippen LogP) is 4.34. The normalized spacial score (nSPS) is 14.6. The molecule has 1 aromatic carbocycles. The van der Waals surface area contributed by atoms with Gasteiger partial charge in [0.1, 0.15) is 5.75 Å². The quantitative estimate of drug-likeness (QED) is 0.715. The van der Waals surface area contributed by atoms with E-state index in [1.807, 2.05) is 37.3 Å². The number of carboxylic acids is 1. The van der Waals surface area contributed by atoms with Crippen molar-refractivity contribution in [2.24, 2.45) is 0 Å². The van der Waals surface area contributed by atoms with Gasteiger partial charge in [0.05, 0.1) is 12.8 Å². The van der Waals surface area contributed by atoms with E-state index in [2.05, 4.69) is 11.9 Å². The van der Waals surface area contributed by atoms with Gasteiger partial charge in [-0.1, -0.05) is 36.9 Å². The summed E-state index contributed by atoms with van der Waals surface area (Å²) < 4.78 is 5.39. The molecular formula is C21H23NO4. The van der Waals surface area contributed by atoms with Gasteiger partial charge in [-0.3, -0.25) is 4.79 Å². The molecule has 2 rings (SSSR count). The van der Waals surface area contributed by atoms with Crippen molar-refractivity contribution in [3.05, 3.63) is 65.8 Å². The van der Waals surface area contributed by atoms with Crippen LogP contribution in [0.5, 0.6) is 5.75 Å². The number of carbonyl (C=O) groups excluding carboxylic acids is 1. The zero-order valence-electron chi connectivity index (χ0n) is 15.0. The Morgan fingerprint density at radius 1 is 1.23 bits per heavy atom. The molecule has 0 aromatic heterocycles. The Morgan fingerprint density at radius 2 is 1.96 bits per heavy atom. The van der Waals surface area contributed by atoms with Crippen molar-refractivity contribution in [1.29, 1.82) is 0 Å². The van der Waals surface area contributed by atoms with Gasteiger partial charge in [-0.25, -0.2) is 4.79 Å². The van der Waals surface area contributed by atoms with Crippen LogP contribution in [0, 0.1) is 0 Å². The molecule has 0 radical (unpaired) electrons. The lowest BCUT2D eigenvalue weighted by atomic mass is 10.1. The number of carbonyl (C=O) groups is 2. The minimum atomic E-state index is -1.02. The van der Waals surface area contributed by atoms with Gasteiger partial charge < -0.3 is 15.2 Å². The topological polar surface area (TPSA) is 75.6 Å². The number of anilines is 1. The van der Waals surface area contributed by atoms with Crippen LogP contribution in [0.2, 0.25) is 0 Å². The monoisotopic (exact) mass is 353 g/mol. The van der Waals surface area contributed by atoms with Crippen LogP contribution < -0.4 is 10.1 Å². The summed E-state index contributed by atoms with van der Waals surface area (Å²) in [6.45, 7) is 5.60. The van der Waals surface area contributed by atoms with Gasteiger partial charge in [-0.05, 0) is 49.5 Å². The Balaban J connectivity index is 2.25. The van der Waals surface area contributed by atoms with Crippen LogP contribution in [0.25, 0.3) is 5.57 Å². The van der Waals surface area contributed by atoms with Crippen LogP contribution in [-0.4, -0.2) is 24.1 Å². The van der Waals surface area contributed by atoms with E-state index in [0.717, 1.165) is 11.1 Å². The second kappa shape index (κ2) is 8.85. The zero-order valence-corrected chi connectivity index (χ0v) is 15.0. The lowest BCUT2D eigenvalue weighted by molar-refractivity contribution is -0.133. The maximum Gasteiger partial charge on any atom is 0.332 e. The van der Waals surface area contributed by atoms with E-state index in [9.17, 15) is 14.7 Å². The third-order valence-corrected chi connectivity index (χ3v) is 4.25. The van der Waals surface area contributed by atoms with Crippen LogP contribution in [0.15, 0.2) is 60.2 Å². The second-order valence-corrected chi connectivity index (χ2v) is 5.96. The first-order valence-electron chi connectivity index (χ1n) is 8.39. The standard InChI is InChI=1S/C21H23NO4/c1-4-5-6-8-14(2)15-11-12-18(19(13-15)26-3)22-20(23)16-9-7-10-17(16)21(24)25/h4-6,8,11-13H,1,7,9-10H2,2-3H3,(H,22,23)(H,24,25)/b6-5-,14-8+. The van der Waals surface area contributed by atoms with Crippen molar-refractivity contribution >= 4 is 23.1 Å². The van der Waals surface area contributed by atoms with Gasteiger partial charge in [0.2, 0.25) is 0 Å². The molecular weight excluding hydrogens is 330 g/mol. The molecule has 26 heavy (non-hydrogen) atoms. The van der Waals surface area contributed by atoms with Gasteiger partial charge in [-0.15, -0.1) is 0 Å². The highest BCUT2D eigenvalue weighted by atomic mass is 16.5. The molecule has 0 bridgehead atoms. The summed E-state index contributed by atoms with van der Waals surface area (Å²) >= 11 is 0. The Hall–Kier alpha value is -3.08. The summed E-state index contributed by atoms with van der Waals surface area (Å²) in [6, 6.07) is 5.48. The van der Waals surface area contributed by atoms with Crippen molar-refractivity contribution in [1.82, 2.24) is 0 Å². The molecule has 1 aromatic rings. The first-order valence-corrected chi connectivity index (χ1v) is 8.39. The number of methoxy groups -OCH3 is 1. The van der Waals surface area contributed by atoms with Crippen molar-refractivity contribution in [2.45, 2.75) is 26.2 Å². The maximum absolute atomic E-state index is 12.5. The van der Waals surface area contributed by atoms with Crippen LogP contribution in [0.1, 0.15) is 31.7 Å². The van der Waals surface area contributed by atoms with Gasteiger partial charge >= 0.3 is 5.97 Å². The molecule has 0 spiro atoms. The van der Waals surface area contributed by atoms with Crippen LogP contribution in [0.3, 0.4) is 0 Å². The van der Waals surface area contributed by atoms with E-state index < -0.39 is 5.97 Å². The zero-order chi connectivity index (χ0) is 19.1. The van der Waals surface area contributed by atoms with Crippen molar-refractivity contribution in [2.75, 3.05) is 12.4 Å². The van der Waals surface area contributed by atoms with Crippen LogP contribution in [-0.2, 0) is 9.59 Å². The molecule has 1 aliphatic carbocycles. The Kier molecular flexibility index (Phi) is 6.55. The molecule has 0 saturated carbocycles. The third-order valence-electron chi connectivity index (χ3n) is 4.25. The number of benzene rings is 1. The van der Waals surface area contributed by atoms with E-state index in [1.165, 1.54) is 7.11 Å². The van der Waals surface area contributed by atoms with E-state index in [1.54, 1.807) is 12.1 Å². The first-order chi connectivity index (χ1) is 12.5. The minimum Gasteiger partial charge on any atom is -0.495 e. The summed E-state index contributed by atoms with van der Waals surface area (Å²) in [5.41, 5.74) is 3.05. The fraction of sp³-hybridized carbons (Fsp3) is 0.238. The number of nitrogens with one attached hydrogen (secondary N) is 1. The fourth-order valence-electron chi connectivity index (χ4n) is 2.84. The average Bonchev–Trinajstić information content (AvgIpc) is 3.12. The molecule has 5 heteroatoms. The molecule has 0 saturated heterocycles. The molecule has 0 aliphatic heterocycles. The summed E-state index contributed by atoms with van der Waals surface area (Å²) in [7, 11) is 1.53. The van der Waals surface area contributed by atoms with Crippen LogP contribution in [0.4, 0.5) is 5.69 Å². The molecule has 1 aliphatic rings. The predicted molar refractivity (Wildman–Crippen MR) is 103 cm³/mol. The van der Waals surface area contributed by atoms with Crippen molar-refractivity contribution < 1.29 is 19.4 Å². The molecule has 0 fully saturated rings. The molecule has 0 atom stereocenters. The number of carboxylic acid groups (broad SMARTS) is 1. The fourth-order valence-corrected chi connectivity index (χ4v) is 2.84. The highest BCUT2D eigenvalue weighted by Gasteiger charge is 2.25. The smallest absolute Gasteiger partial charge is 0.332 e. The Bertz CT molecular complexity index is 815. The van der Waals surface area contributed by atoms with Crippen molar-refractivity contribution in [3.8, 4) is 5.75 Å². The summed E-state index contributed by atoms with van der Waals surface area (Å²) in [4.78, 5) is 23.7. The molecule has 0 unspecified atom stereocenters. The average molecular weight is 353 g/mol. The van der Waals surface area contributed by atoms with Gasteiger partial charge in [-0.2, -0.15) is 0 Å². The number of hydrogen-bond acceptors (Lipinski definition) is 3. The highest BCUT2D eigenvalue weighted by molar-refractivity contribution is 6.09. The van der Waals surface area contributed by atoms with E-state index in [4.69, 9.17) is 4.74 Å². The molecule has 1 amide bonds. The van der Waals surface area contributed by atoms with Gasteiger partial charge in [0.15, 0.2) is 0 Å². The van der Waals surface area contributed by atoms with Crippen molar-refractivity contribution in [3.63, 3.8) is 0 Å². The second-order valence-electron chi connectivity index (χ2n) is 5.96. The summed E-state index contributed by atoms with van der Waals surface area (Å²) in [5, 5.41) is 12.0. The summed E-state index contributed by atoms with van der Waals surface area (Å²) in [6.07, 6.45) is 8.98. The number of ether oxygens (including phenoxy) is 1. The van der Waals surface area contributed by atoms with E-state index in [0.29, 0.717) is 36.3 Å². The number of aliphatic carboxylic acids is 1. The molecule has 0 heterocycles. The first kappa shape index (κ1) is 19.2. The van der Waals surface area contributed by atoms with Crippen LogP contribution >= 0.6 is 0 Å². The van der Waals surface area contributed by atoms with E-state index >= 15 is 0 Å². The number of allylic oxidation sites excluding steroid dienone is 5. The molecule has 2 N–H and O–H groups in total. The summed E-state index contributed by atoms with van der Waals surface area (Å²) in [5.74, 6) is -0.887. The number of hydrogen-bond donors (Lipinski definition) is 2. The lowest BCUT2D eigenvalue weighted by Crippen LogP contribution is -2.17. The van der Waals surface area contributed by atoms with Gasteiger partial charge in [0.25, 0.3) is 5.91 Å². The Labute approximate surface area is 153 Å². The molecule has 136 valence electrons. The number of amides is 1. The maximum atomic E-state index is 12.5. The molecule has 5 nitrogen and oxygen atoms in total. The minimum absolute atomic E-state index is 0.200. The van der Waals surface area contributed by atoms with E-state index in [-0.39, 0.29) is 11.5 Å². The van der Waals surface area contributed by atoms with Gasteiger partial charge in [0, 0.05) is 11.1 Å². The third kappa shape index (κ3) is 4.51. The highest BCUT2D eigenvalue weighted by Crippen LogP contribution is 2.31. The SMILES string of the molecule is C=C/C=C\C=C(/C)c1ccc(NC(=O)C2=C(C(=O)O)CCC2)c(OC)c1. The Morgan fingerprint density at radius 3 is 2.62 bits per heavy atom.